The van der Waals surface area contributed by atoms with Crippen LogP contribution >= 0.6 is 11.8 Å². The van der Waals surface area contributed by atoms with Crippen molar-refractivity contribution in [2.75, 3.05) is 18.1 Å². The van der Waals surface area contributed by atoms with E-state index in [1.165, 1.54) is 62.9 Å². The standard InChI is InChI=1S/C15H31NS/c1-3-5-6-7-8-9-10-11-14-12-17-13-15(14)16-4-2/h14-16H,3-13H2,1-2H3. The van der Waals surface area contributed by atoms with E-state index in [4.69, 9.17) is 0 Å². The molecule has 0 spiro atoms. The Labute approximate surface area is 113 Å². The van der Waals surface area contributed by atoms with Crippen molar-refractivity contribution in [3.05, 3.63) is 0 Å². The zero-order valence-electron chi connectivity index (χ0n) is 11.8. The summed E-state index contributed by atoms with van der Waals surface area (Å²) in [5.41, 5.74) is 0. The van der Waals surface area contributed by atoms with Gasteiger partial charge in [0.1, 0.15) is 0 Å². The highest BCUT2D eigenvalue weighted by molar-refractivity contribution is 7.99. The lowest BCUT2D eigenvalue weighted by Gasteiger charge is -2.19. The van der Waals surface area contributed by atoms with E-state index in [1.54, 1.807) is 0 Å². The van der Waals surface area contributed by atoms with Crippen molar-refractivity contribution in [3.8, 4) is 0 Å². The Hall–Kier alpha value is 0.310. The second-order valence-electron chi connectivity index (χ2n) is 5.37. The van der Waals surface area contributed by atoms with Gasteiger partial charge in [-0.3, -0.25) is 0 Å². The summed E-state index contributed by atoms with van der Waals surface area (Å²) in [5.74, 6) is 3.69. The molecule has 2 heteroatoms. The SMILES string of the molecule is CCCCCCCCCC1CSCC1NCC. The summed E-state index contributed by atoms with van der Waals surface area (Å²) < 4.78 is 0. The maximum Gasteiger partial charge on any atom is 0.0194 e. The first-order valence-corrected chi connectivity index (χ1v) is 8.85. The normalized spacial score (nSPS) is 24.4. The molecule has 1 rings (SSSR count). The second kappa shape index (κ2) is 10.3. The Morgan fingerprint density at radius 1 is 0.941 bits per heavy atom. The van der Waals surface area contributed by atoms with E-state index in [1.807, 2.05) is 0 Å². The average molecular weight is 257 g/mol. The summed E-state index contributed by atoms with van der Waals surface area (Å²) in [6.45, 7) is 5.66. The molecule has 0 aromatic rings. The van der Waals surface area contributed by atoms with Gasteiger partial charge in [0.05, 0.1) is 0 Å². The van der Waals surface area contributed by atoms with Gasteiger partial charge in [0, 0.05) is 11.8 Å². The second-order valence-corrected chi connectivity index (χ2v) is 6.45. The van der Waals surface area contributed by atoms with Crippen LogP contribution in [0.5, 0.6) is 0 Å². The molecule has 2 unspecified atom stereocenters. The van der Waals surface area contributed by atoms with Crippen molar-refractivity contribution in [3.63, 3.8) is 0 Å². The molecule has 0 bridgehead atoms. The van der Waals surface area contributed by atoms with Crippen LogP contribution in [0.3, 0.4) is 0 Å². The van der Waals surface area contributed by atoms with E-state index in [0.29, 0.717) is 0 Å². The lowest BCUT2D eigenvalue weighted by molar-refractivity contribution is 0.394. The first kappa shape index (κ1) is 15.4. The quantitative estimate of drug-likeness (QED) is 0.580. The molecule has 0 saturated carbocycles. The van der Waals surface area contributed by atoms with E-state index < -0.39 is 0 Å². The maximum absolute atomic E-state index is 3.64. The molecule has 1 fully saturated rings. The molecule has 1 saturated heterocycles. The Kier molecular flexibility index (Phi) is 9.27. The van der Waals surface area contributed by atoms with Crippen LogP contribution in [0.25, 0.3) is 0 Å². The molecular formula is C15H31NS. The molecular weight excluding hydrogens is 226 g/mol. The third kappa shape index (κ3) is 6.71. The third-order valence-electron chi connectivity index (χ3n) is 3.84. The van der Waals surface area contributed by atoms with E-state index in [9.17, 15) is 0 Å². The van der Waals surface area contributed by atoms with Crippen LogP contribution in [0.1, 0.15) is 65.2 Å². The number of rotatable bonds is 10. The molecule has 1 aliphatic rings. The number of thioether (sulfide) groups is 1. The average Bonchev–Trinajstić information content (AvgIpc) is 2.76. The van der Waals surface area contributed by atoms with E-state index >= 15 is 0 Å². The number of nitrogens with one attached hydrogen (secondary N) is 1. The summed E-state index contributed by atoms with van der Waals surface area (Å²) in [6.07, 6.45) is 11.6. The molecule has 1 aliphatic heterocycles. The van der Waals surface area contributed by atoms with Gasteiger partial charge in [0.25, 0.3) is 0 Å². The molecule has 1 N–H and O–H groups in total. The summed E-state index contributed by atoms with van der Waals surface area (Å²) in [5, 5.41) is 3.64. The van der Waals surface area contributed by atoms with Gasteiger partial charge in [0.2, 0.25) is 0 Å². The van der Waals surface area contributed by atoms with Gasteiger partial charge in [-0.1, -0.05) is 58.8 Å². The molecule has 0 aromatic carbocycles. The van der Waals surface area contributed by atoms with Gasteiger partial charge in [-0.15, -0.1) is 0 Å². The lowest BCUT2D eigenvalue weighted by atomic mass is 9.96. The predicted molar refractivity (Wildman–Crippen MR) is 80.9 cm³/mol. The van der Waals surface area contributed by atoms with Gasteiger partial charge in [-0.05, 0) is 24.6 Å². The first-order chi connectivity index (χ1) is 8.38. The van der Waals surface area contributed by atoms with Crippen molar-refractivity contribution >= 4 is 11.8 Å². The van der Waals surface area contributed by atoms with Crippen LogP contribution in [-0.4, -0.2) is 24.1 Å². The van der Waals surface area contributed by atoms with Crippen LogP contribution in [0, 0.1) is 5.92 Å². The first-order valence-electron chi connectivity index (χ1n) is 7.69. The predicted octanol–water partition coefficient (Wildman–Crippen LogP) is 4.47. The zero-order valence-corrected chi connectivity index (χ0v) is 12.7. The van der Waals surface area contributed by atoms with Crippen molar-refractivity contribution in [2.24, 2.45) is 5.92 Å². The van der Waals surface area contributed by atoms with Gasteiger partial charge in [-0.25, -0.2) is 0 Å². The molecule has 1 heterocycles. The molecule has 0 amide bonds. The van der Waals surface area contributed by atoms with Crippen molar-refractivity contribution < 1.29 is 0 Å². The maximum atomic E-state index is 3.64. The Balaban J connectivity index is 1.94. The van der Waals surface area contributed by atoms with Crippen LogP contribution in [-0.2, 0) is 0 Å². The summed E-state index contributed by atoms with van der Waals surface area (Å²) in [7, 11) is 0. The highest BCUT2D eigenvalue weighted by Gasteiger charge is 2.25. The number of hydrogen-bond donors (Lipinski definition) is 1. The van der Waals surface area contributed by atoms with Gasteiger partial charge in [0.15, 0.2) is 0 Å². The minimum Gasteiger partial charge on any atom is -0.313 e. The Morgan fingerprint density at radius 2 is 1.65 bits per heavy atom. The van der Waals surface area contributed by atoms with E-state index in [-0.39, 0.29) is 0 Å². The van der Waals surface area contributed by atoms with Crippen LogP contribution in [0.2, 0.25) is 0 Å². The lowest BCUT2D eigenvalue weighted by Crippen LogP contribution is -2.35. The fraction of sp³-hybridized carbons (Fsp3) is 1.00. The molecule has 102 valence electrons. The summed E-state index contributed by atoms with van der Waals surface area (Å²) in [4.78, 5) is 0. The van der Waals surface area contributed by atoms with Gasteiger partial charge >= 0.3 is 0 Å². The van der Waals surface area contributed by atoms with E-state index in [2.05, 4.69) is 30.9 Å². The zero-order chi connectivity index (χ0) is 12.3. The van der Waals surface area contributed by atoms with Crippen molar-refractivity contribution in [2.45, 2.75) is 71.3 Å². The molecule has 1 nitrogen and oxygen atoms in total. The van der Waals surface area contributed by atoms with Crippen molar-refractivity contribution in [1.82, 2.24) is 5.32 Å². The Morgan fingerprint density at radius 3 is 2.35 bits per heavy atom. The number of hydrogen-bond acceptors (Lipinski definition) is 2. The highest BCUT2D eigenvalue weighted by atomic mass is 32.2. The fourth-order valence-electron chi connectivity index (χ4n) is 2.73. The van der Waals surface area contributed by atoms with E-state index in [0.717, 1.165) is 18.5 Å². The highest BCUT2D eigenvalue weighted by Crippen LogP contribution is 2.28. The van der Waals surface area contributed by atoms with Crippen molar-refractivity contribution in [1.29, 1.82) is 0 Å². The molecule has 0 radical (unpaired) electrons. The van der Waals surface area contributed by atoms with Crippen LogP contribution in [0.4, 0.5) is 0 Å². The monoisotopic (exact) mass is 257 g/mol. The number of unbranched alkanes of at least 4 members (excludes halogenated alkanes) is 6. The van der Waals surface area contributed by atoms with Gasteiger partial charge in [-0.2, -0.15) is 11.8 Å². The smallest absolute Gasteiger partial charge is 0.0194 e. The molecule has 17 heavy (non-hydrogen) atoms. The summed E-state index contributed by atoms with van der Waals surface area (Å²) >= 11 is 2.14. The largest absolute Gasteiger partial charge is 0.313 e. The van der Waals surface area contributed by atoms with Crippen LogP contribution in [0.15, 0.2) is 0 Å². The van der Waals surface area contributed by atoms with Gasteiger partial charge < -0.3 is 5.32 Å². The molecule has 2 atom stereocenters. The fourth-order valence-corrected chi connectivity index (χ4v) is 4.22. The Bertz CT molecular complexity index is 172. The third-order valence-corrected chi connectivity index (χ3v) is 5.10. The minimum atomic E-state index is 0.810. The summed E-state index contributed by atoms with van der Waals surface area (Å²) in [6, 6.07) is 0.810. The van der Waals surface area contributed by atoms with Crippen LogP contribution < -0.4 is 5.32 Å². The minimum absolute atomic E-state index is 0.810. The topological polar surface area (TPSA) is 12.0 Å². The molecule has 0 aromatic heterocycles. The molecule has 0 aliphatic carbocycles.